The third kappa shape index (κ3) is 5.52. The molecule has 6 heteroatoms. The van der Waals surface area contributed by atoms with Crippen LogP contribution < -0.4 is 14.8 Å². The number of ether oxygens (including phenoxy) is 2. The number of hydrogen-bond donors (Lipinski definition) is 1. The first-order valence-electron chi connectivity index (χ1n) is 8.48. The number of nitrogens with zero attached hydrogens (tertiary/aromatic N) is 2. The second-order valence-corrected chi connectivity index (χ2v) is 6.62. The van der Waals surface area contributed by atoms with Crippen LogP contribution >= 0.6 is 0 Å². The summed E-state index contributed by atoms with van der Waals surface area (Å²) in [4.78, 5) is 12.2. The second kappa shape index (κ2) is 8.55. The molecule has 0 aliphatic heterocycles. The van der Waals surface area contributed by atoms with E-state index in [-0.39, 0.29) is 18.5 Å². The summed E-state index contributed by atoms with van der Waals surface area (Å²) in [5.41, 5.74) is 1.99. The molecule has 6 nitrogen and oxygen atoms in total. The van der Waals surface area contributed by atoms with Gasteiger partial charge in [-0.05, 0) is 43.0 Å². The number of amides is 1. The molecule has 2 aromatic rings. The number of nitrogens with one attached hydrogen (secondary N) is 1. The molecular formula is C19H27N3O3. The number of carbonyl (C=O) groups excluding carboxylic acids is 1. The van der Waals surface area contributed by atoms with E-state index in [2.05, 4.69) is 24.3 Å². The fourth-order valence-electron chi connectivity index (χ4n) is 2.40. The number of aryl methyl sites for hydroxylation is 1. The van der Waals surface area contributed by atoms with E-state index in [0.29, 0.717) is 24.0 Å². The van der Waals surface area contributed by atoms with Gasteiger partial charge in [-0.1, -0.05) is 19.9 Å². The van der Waals surface area contributed by atoms with Crippen LogP contribution in [-0.4, -0.2) is 29.4 Å². The molecular weight excluding hydrogens is 318 g/mol. The predicted molar refractivity (Wildman–Crippen MR) is 96.8 cm³/mol. The molecule has 0 aliphatic rings. The monoisotopic (exact) mass is 345 g/mol. The Labute approximate surface area is 149 Å². The normalized spacial score (nSPS) is 12.1. The molecule has 1 aromatic heterocycles. The first kappa shape index (κ1) is 18.8. The molecule has 1 atom stereocenters. The average Bonchev–Trinajstić information content (AvgIpc) is 2.97. The van der Waals surface area contributed by atoms with E-state index in [9.17, 15) is 4.79 Å². The minimum absolute atomic E-state index is 0.0882. The minimum atomic E-state index is -0.141. The van der Waals surface area contributed by atoms with Crippen molar-refractivity contribution in [3.05, 3.63) is 41.7 Å². The van der Waals surface area contributed by atoms with Crippen molar-refractivity contribution in [2.75, 3.05) is 13.7 Å². The Hall–Kier alpha value is -2.50. The first-order chi connectivity index (χ1) is 11.9. The summed E-state index contributed by atoms with van der Waals surface area (Å²) in [5, 5.41) is 7.11. The van der Waals surface area contributed by atoms with Gasteiger partial charge in [-0.3, -0.25) is 9.48 Å². The van der Waals surface area contributed by atoms with E-state index in [1.54, 1.807) is 18.0 Å². The topological polar surface area (TPSA) is 65.4 Å². The van der Waals surface area contributed by atoms with Crippen molar-refractivity contribution in [2.45, 2.75) is 40.3 Å². The highest BCUT2D eigenvalue weighted by atomic mass is 16.5. The summed E-state index contributed by atoms with van der Waals surface area (Å²) in [7, 11) is 1.62. The van der Waals surface area contributed by atoms with Gasteiger partial charge in [0, 0.05) is 6.20 Å². The molecule has 136 valence electrons. The van der Waals surface area contributed by atoms with Crippen molar-refractivity contribution in [1.29, 1.82) is 0 Å². The first-order valence-corrected chi connectivity index (χ1v) is 8.48. The quantitative estimate of drug-likeness (QED) is 0.798. The van der Waals surface area contributed by atoms with Gasteiger partial charge in [0.2, 0.25) is 5.91 Å². The zero-order chi connectivity index (χ0) is 18.4. The van der Waals surface area contributed by atoms with E-state index in [0.717, 1.165) is 11.1 Å². The second-order valence-electron chi connectivity index (χ2n) is 6.62. The van der Waals surface area contributed by atoms with Crippen LogP contribution in [0.2, 0.25) is 0 Å². The number of benzene rings is 1. The lowest BCUT2D eigenvalue weighted by Crippen LogP contribution is -2.30. The molecule has 25 heavy (non-hydrogen) atoms. The highest BCUT2D eigenvalue weighted by Gasteiger charge is 2.14. The molecule has 0 saturated carbocycles. The number of hydrogen-bond acceptors (Lipinski definition) is 4. The van der Waals surface area contributed by atoms with Crippen molar-refractivity contribution in [3.63, 3.8) is 0 Å². The zero-order valence-corrected chi connectivity index (χ0v) is 15.6. The lowest BCUT2D eigenvalue weighted by molar-refractivity contribution is -0.122. The van der Waals surface area contributed by atoms with Gasteiger partial charge in [-0.25, -0.2) is 0 Å². The zero-order valence-electron chi connectivity index (χ0n) is 15.6. The Morgan fingerprint density at radius 3 is 2.64 bits per heavy atom. The van der Waals surface area contributed by atoms with E-state index < -0.39 is 0 Å². The van der Waals surface area contributed by atoms with Gasteiger partial charge in [-0.15, -0.1) is 0 Å². The molecule has 0 aliphatic carbocycles. The van der Waals surface area contributed by atoms with Crippen LogP contribution in [0.1, 0.15) is 37.9 Å². The molecule has 0 unspecified atom stereocenters. The minimum Gasteiger partial charge on any atom is -0.493 e. The van der Waals surface area contributed by atoms with Gasteiger partial charge >= 0.3 is 0 Å². The maximum absolute atomic E-state index is 12.2. The number of carbonyl (C=O) groups is 1. The third-order valence-electron chi connectivity index (χ3n) is 3.71. The van der Waals surface area contributed by atoms with Crippen molar-refractivity contribution in [3.8, 4) is 11.5 Å². The lowest BCUT2D eigenvalue weighted by Gasteiger charge is -2.18. The number of methoxy groups -OCH3 is 1. The standard InChI is InChI=1S/C19H27N3O3/c1-13(2)12-25-17-7-6-16(8-18(17)24-5)15(4)21-19(23)11-22-10-14(3)9-20-22/h6-10,13,15H,11-12H2,1-5H3,(H,21,23)/t15-/m0/s1. The molecule has 0 fully saturated rings. The SMILES string of the molecule is COc1cc([C@H](C)NC(=O)Cn2cc(C)cn2)ccc1OCC(C)C. The van der Waals surface area contributed by atoms with Gasteiger partial charge in [0.05, 0.1) is 26.0 Å². The highest BCUT2D eigenvalue weighted by molar-refractivity contribution is 5.76. The Morgan fingerprint density at radius 2 is 2.04 bits per heavy atom. The summed E-state index contributed by atoms with van der Waals surface area (Å²) in [5.74, 6) is 1.73. The van der Waals surface area contributed by atoms with Crippen LogP contribution in [0.25, 0.3) is 0 Å². The largest absolute Gasteiger partial charge is 0.493 e. The Morgan fingerprint density at radius 1 is 1.28 bits per heavy atom. The Bertz CT molecular complexity index is 710. The molecule has 0 saturated heterocycles. The van der Waals surface area contributed by atoms with Crippen LogP contribution in [0.4, 0.5) is 0 Å². The van der Waals surface area contributed by atoms with E-state index in [1.807, 2.05) is 38.2 Å². The van der Waals surface area contributed by atoms with Gasteiger partial charge in [0.1, 0.15) is 6.54 Å². The summed E-state index contributed by atoms with van der Waals surface area (Å²) >= 11 is 0. The average molecular weight is 345 g/mol. The molecule has 0 bridgehead atoms. The number of rotatable bonds is 8. The van der Waals surface area contributed by atoms with Crippen LogP contribution in [0, 0.1) is 12.8 Å². The van der Waals surface area contributed by atoms with Crippen molar-refractivity contribution in [2.24, 2.45) is 5.92 Å². The number of aromatic nitrogens is 2. The van der Waals surface area contributed by atoms with Gasteiger partial charge < -0.3 is 14.8 Å². The smallest absolute Gasteiger partial charge is 0.242 e. The van der Waals surface area contributed by atoms with Gasteiger partial charge in [0.25, 0.3) is 0 Å². The summed E-state index contributed by atoms with van der Waals surface area (Å²) in [6, 6.07) is 5.59. The van der Waals surface area contributed by atoms with Crippen LogP contribution in [0.5, 0.6) is 11.5 Å². The Kier molecular flexibility index (Phi) is 6.44. The van der Waals surface area contributed by atoms with Crippen LogP contribution in [-0.2, 0) is 11.3 Å². The lowest BCUT2D eigenvalue weighted by atomic mass is 10.1. The summed E-state index contributed by atoms with van der Waals surface area (Å²) in [6.07, 6.45) is 3.57. The summed E-state index contributed by atoms with van der Waals surface area (Å²) < 4.78 is 12.8. The van der Waals surface area contributed by atoms with Crippen LogP contribution in [0.15, 0.2) is 30.6 Å². The van der Waals surface area contributed by atoms with Gasteiger partial charge in [0.15, 0.2) is 11.5 Å². The van der Waals surface area contributed by atoms with E-state index >= 15 is 0 Å². The van der Waals surface area contributed by atoms with Crippen LogP contribution in [0.3, 0.4) is 0 Å². The fraction of sp³-hybridized carbons (Fsp3) is 0.474. The van der Waals surface area contributed by atoms with E-state index in [4.69, 9.17) is 9.47 Å². The molecule has 1 amide bonds. The molecule has 2 rings (SSSR count). The molecule has 1 aromatic carbocycles. The molecule has 0 radical (unpaired) electrons. The maximum Gasteiger partial charge on any atom is 0.242 e. The maximum atomic E-state index is 12.2. The molecule has 1 heterocycles. The van der Waals surface area contributed by atoms with Crippen molar-refractivity contribution in [1.82, 2.24) is 15.1 Å². The molecule has 0 spiro atoms. The predicted octanol–water partition coefficient (Wildman–Crippen LogP) is 3.11. The van der Waals surface area contributed by atoms with Crippen molar-refractivity contribution >= 4 is 5.91 Å². The Balaban J connectivity index is 2.00. The van der Waals surface area contributed by atoms with Gasteiger partial charge in [-0.2, -0.15) is 5.10 Å². The molecule has 1 N–H and O–H groups in total. The third-order valence-corrected chi connectivity index (χ3v) is 3.71. The van der Waals surface area contributed by atoms with Crippen molar-refractivity contribution < 1.29 is 14.3 Å². The highest BCUT2D eigenvalue weighted by Crippen LogP contribution is 2.30. The fourth-order valence-corrected chi connectivity index (χ4v) is 2.40. The summed E-state index contributed by atoms with van der Waals surface area (Å²) in [6.45, 7) is 8.91. The van der Waals surface area contributed by atoms with E-state index in [1.165, 1.54) is 0 Å².